The van der Waals surface area contributed by atoms with Crippen LogP contribution >= 0.6 is 0 Å². The minimum atomic E-state index is -0.867. The van der Waals surface area contributed by atoms with Gasteiger partial charge >= 0.3 is 0 Å². The minimum absolute atomic E-state index is 0.162. The first-order valence-corrected chi connectivity index (χ1v) is 8.17. The Labute approximate surface area is 142 Å². The van der Waals surface area contributed by atoms with Gasteiger partial charge in [-0.05, 0) is 12.0 Å². The maximum absolute atomic E-state index is 12.4. The van der Waals surface area contributed by atoms with Gasteiger partial charge in [-0.3, -0.25) is 9.69 Å². The van der Waals surface area contributed by atoms with Crippen LogP contribution in [0.5, 0.6) is 0 Å². The van der Waals surface area contributed by atoms with Gasteiger partial charge in [-0.25, -0.2) is 4.98 Å². The quantitative estimate of drug-likeness (QED) is 0.894. The van der Waals surface area contributed by atoms with Crippen molar-refractivity contribution in [2.75, 3.05) is 26.7 Å². The first-order valence-electron chi connectivity index (χ1n) is 8.17. The first kappa shape index (κ1) is 16.7. The predicted octanol–water partition coefficient (Wildman–Crippen LogP) is 1.13. The molecule has 6 heteroatoms. The van der Waals surface area contributed by atoms with Gasteiger partial charge in [0, 0.05) is 39.9 Å². The molecule has 0 saturated carbocycles. The Morgan fingerprint density at radius 1 is 1.38 bits per heavy atom. The van der Waals surface area contributed by atoms with E-state index in [0.717, 1.165) is 13.1 Å². The third-order valence-corrected chi connectivity index (χ3v) is 4.46. The summed E-state index contributed by atoms with van der Waals surface area (Å²) in [5.41, 5.74) is 0.774. The second-order valence-electron chi connectivity index (χ2n) is 6.76. The van der Waals surface area contributed by atoms with Crippen LogP contribution in [0.15, 0.2) is 42.9 Å². The van der Waals surface area contributed by atoms with E-state index in [4.69, 9.17) is 0 Å². The van der Waals surface area contributed by atoms with Crippen molar-refractivity contribution in [3.63, 3.8) is 0 Å². The fourth-order valence-corrected chi connectivity index (χ4v) is 3.28. The molecule has 1 aromatic carbocycles. The lowest BCUT2D eigenvalue weighted by molar-refractivity contribution is 0.0168. The van der Waals surface area contributed by atoms with Gasteiger partial charge in [0.1, 0.15) is 5.69 Å². The Kier molecular flexibility index (Phi) is 4.69. The summed E-state index contributed by atoms with van der Waals surface area (Å²) in [5.74, 6) is -0.162. The van der Waals surface area contributed by atoms with Crippen LogP contribution in [0, 0.1) is 0 Å². The van der Waals surface area contributed by atoms with Gasteiger partial charge in [0.15, 0.2) is 0 Å². The molecule has 6 nitrogen and oxygen atoms in total. The summed E-state index contributed by atoms with van der Waals surface area (Å²) in [6, 6.07) is 10.2. The molecule has 1 aliphatic heterocycles. The number of nitrogens with zero attached hydrogens (tertiary/aromatic N) is 4. The smallest absolute Gasteiger partial charge is 0.273 e. The number of benzene rings is 1. The molecule has 1 saturated heterocycles. The number of amides is 1. The lowest BCUT2D eigenvalue weighted by atomic mass is 10.0. The lowest BCUT2D eigenvalue weighted by Gasteiger charge is -2.28. The van der Waals surface area contributed by atoms with E-state index in [1.165, 1.54) is 5.56 Å². The second kappa shape index (κ2) is 6.75. The topological polar surface area (TPSA) is 61.6 Å². The van der Waals surface area contributed by atoms with Gasteiger partial charge < -0.3 is 14.6 Å². The molecule has 1 amide bonds. The van der Waals surface area contributed by atoms with Crippen molar-refractivity contribution in [2.45, 2.75) is 18.6 Å². The van der Waals surface area contributed by atoms with Crippen molar-refractivity contribution in [3.8, 4) is 0 Å². The molecule has 128 valence electrons. The predicted molar refractivity (Wildman–Crippen MR) is 91.5 cm³/mol. The molecule has 0 aliphatic carbocycles. The van der Waals surface area contributed by atoms with Gasteiger partial charge in [-0.15, -0.1) is 0 Å². The Hall–Kier alpha value is -2.18. The van der Waals surface area contributed by atoms with Crippen LogP contribution in [0.25, 0.3) is 0 Å². The average Bonchev–Trinajstić information content (AvgIpc) is 3.14. The number of carbonyl (C=O) groups is 1. The molecule has 1 unspecified atom stereocenters. The maximum atomic E-state index is 12.4. The highest BCUT2D eigenvalue weighted by atomic mass is 16.3. The average molecular weight is 328 g/mol. The summed E-state index contributed by atoms with van der Waals surface area (Å²) in [6.07, 6.45) is 3.96. The summed E-state index contributed by atoms with van der Waals surface area (Å²) in [6.45, 7) is 2.54. The zero-order chi connectivity index (χ0) is 17.2. The summed E-state index contributed by atoms with van der Waals surface area (Å²) >= 11 is 0. The molecule has 3 rings (SSSR count). The van der Waals surface area contributed by atoms with E-state index in [1.807, 2.05) is 25.2 Å². The fraction of sp³-hybridized carbons (Fsp3) is 0.444. The van der Waals surface area contributed by atoms with Crippen LogP contribution in [0.2, 0.25) is 0 Å². The normalized spacial score (nSPS) is 21.1. The number of hydrogen-bond donors (Lipinski definition) is 1. The zero-order valence-corrected chi connectivity index (χ0v) is 14.2. The number of aromatic nitrogens is 2. The summed E-state index contributed by atoms with van der Waals surface area (Å²) in [7, 11) is 3.55. The molecule has 1 aliphatic rings. The van der Waals surface area contributed by atoms with Crippen molar-refractivity contribution in [1.82, 2.24) is 19.4 Å². The second-order valence-corrected chi connectivity index (χ2v) is 6.76. The van der Waals surface area contributed by atoms with E-state index in [1.54, 1.807) is 29.0 Å². The van der Waals surface area contributed by atoms with Crippen molar-refractivity contribution >= 4 is 5.91 Å². The third-order valence-electron chi connectivity index (χ3n) is 4.46. The van der Waals surface area contributed by atoms with Crippen LogP contribution in [0.4, 0.5) is 0 Å². The number of likely N-dealkylation sites (N-methyl/N-ethyl adjacent to an activating group) is 1. The van der Waals surface area contributed by atoms with E-state index in [0.29, 0.717) is 25.2 Å². The Morgan fingerprint density at radius 3 is 2.79 bits per heavy atom. The zero-order valence-electron chi connectivity index (χ0n) is 14.2. The molecule has 2 aromatic rings. The number of aryl methyl sites for hydroxylation is 1. The molecule has 0 radical (unpaired) electrons. The largest absolute Gasteiger partial charge is 0.387 e. The van der Waals surface area contributed by atoms with Crippen LogP contribution in [-0.4, -0.2) is 62.6 Å². The molecular weight excluding hydrogens is 304 g/mol. The number of aliphatic hydroxyl groups is 1. The third kappa shape index (κ3) is 3.83. The SMILES string of the molecule is CN(CC1(O)CCN(Cc2ccccc2)C1)C(=O)c1cn(C)cn1. The molecule has 1 fully saturated rings. The standard InChI is InChI=1S/C18H24N4O2/c1-20-11-16(19-14-20)17(23)21(2)12-18(24)8-9-22(13-18)10-15-6-4-3-5-7-15/h3-7,11,14,24H,8-10,12-13H2,1-2H3. The van der Waals surface area contributed by atoms with E-state index >= 15 is 0 Å². The van der Waals surface area contributed by atoms with Gasteiger partial charge in [0.2, 0.25) is 0 Å². The molecule has 24 heavy (non-hydrogen) atoms. The highest BCUT2D eigenvalue weighted by Gasteiger charge is 2.38. The van der Waals surface area contributed by atoms with E-state index in [2.05, 4.69) is 22.0 Å². The van der Waals surface area contributed by atoms with Gasteiger partial charge in [0.05, 0.1) is 18.5 Å². The summed E-state index contributed by atoms with van der Waals surface area (Å²) in [4.78, 5) is 20.3. The highest BCUT2D eigenvalue weighted by Crippen LogP contribution is 2.24. The van der Waals surface area contributed by atoms with E-state index in [9.17, 15) is 9.90 Å². The monoisotopic (exact) mass is 328 g/mol. The number of rotatable bonds is 5. The molecule has 1 atom stereocenters. The fourth-order valence-electron chi connectivity index (χ4n) is 3.28. The number of likely N-dealkylation sites (tertiary alicyclic amines) is 1. The molecular formula is C18H24N4O2. The molecule has 1 N–H and O–H groups in total. The number of imidazole rings is 1. The number of carbonyl (C=O) groups excluding carboxylic acids is 1. The van der Waals surface area contributed by atoms with Crippen LogP contribution < -0.4 is 0 Å². The summed E-state index contributed by atoms with van der Waals surface area (Å²) in [5, 5.41) is 10.8. The molecule has 0 spiro atoms. The Balaban J connectivity index is 1.57. The maximum Gasteiger partial charge on any atom is 0.273 e. The van der Waals surface area contributed by atoms with Crippen LogP contribution in [0.1, 0.15) is 22.5 Å². The Bertz CT molecular complexity index is 700. The van der Waals surface area contributed by atoms with Crippen molar-refractivity contribution < 1.29 is 9.90 Å². The number of β-amino-alcohol motifs (C(OH)–C–C–N with tert-alkyl or cyclic N) is 1. The molecule has 0 bridgehead atoms. The Morgan fingerprint density at radius 2 is 2.12 bits per heavy atom. The molecule has 1 aromatic heterocycles. The number of hydrogen-bond acceptors (Lipinski definition) is 4. The van der Waals surface area contributed by atoms with Gasteiger partial charge in [-0.1, -0.05) is 30.3 Å². The van der Waals surface area contributed by atoms with Crippen LogP contribution in [0.3, 0.4) is 0 Å². The lowest BCUT2D eigenvalue weighted by Crippen LogP contribution is -2.45. The molecule has 2 heterocycles. The van der Waals surface area contributed by atoms with Crippen molar-refractivity contribution in [2.24, 2.45) is 7.05 Å². The van der Waals surface area contributed by atoms with Gasteiger partial charge in [0.25, 0.3) is 5.91 Å². The minimum Gasteiger partial charge on any atom is -0.387 e. The van der Waals surface area contributed by atoms with Crippen molar-refractivity contribution in [3.05, 3.63) is 54.1 Å². The first-order chi connectivity index (χ1) is 11.5. The van der Waals surface area contributed by atoms with E-state index < -0.39 is 5.60 Å². The van der Waals surface area contributed by atoms with Crippen molar-refractivity contribution in [1.29, 1.82) is 0 Å². The van der Waals surface area contributed by atoms with Gasteiger partial charge in [-0.2, -0.15) is 0 Å². The van der Waals surface area contributed by atoms with Crippen LogP contribution in [-0.2, 0) is 13.6 Å². The summed E-state index contributed by atoms with van der Waals surface area (Å²) < 4.78 is 1.74. The highest BCUT2D eigenvalue weighted by molar-refractivity contribution is 5.91. The van der Waals surface area contributed by atoms with E-state index in [-0.39, 0.29) is 5.91 Å².